The Kier molecular flexibility index (Phi) is 9.49. The van der Waals surface area contributed by atoms with Gasteiger partial charge in [0.25, 0.3) is 5.92 Å². The number of carbonyl (C=O) groups is 2. The molecule has 9 heteroatoms. The highest BCUT2D eigenvalue weighted by Gasteiger charge is 2.32. The first-order valence-electron chi connectivity index (χ1n) is 10.5. The lowest BCUT2D eigenvalue weighted by Crippen LogP contribution is -2.40. The van der Waals surface area contributed by atoms with Crippen LogP contribution in [0.5, 0.6) is 0 Å². The van der Waals surface area contributed by atoms with Crippen molar-refractivity contribution >= 4 is 46.5 Å². The van der Waals surface area contributed by atoms with Gasteiger partial charge in [-0.25, -0.2) is 8.78 Å². The van der Waals surface area contributed by atoms with Gasteiger partial charge in [0.05, 0.1) is 28.7 Å². The quantitative estimate of drug-likeness (QED) is 0.370. The number of benzene rings is 2. The van der Waals surface area contributed by atoms with E-state index in [0.29, 0.717) is 33.4 Å². The van der Waals surface area contributed by atoms with Crippen LogP contribution in [0.3, 0.4) is 0 Å². The molecule has 2 aromatic carbocycles. The highest BCUT2D eigenvalue weighted by Crippen LogP contribution is 2.33. The first-order chi connectivity index (χ1) is 15.4. The summed E-state index contributed by atoms with van der Waals surface area (Å²) in [5.41, 5.74) is 1.47. The molecule has 0 saturated heterocycles. The monoisotopic (exact) mass is 500 g/mol. The molecule has 0 spiro atoms. The smallest absolute Gasteiger partial charge is 0.310 e. The van der Waals surface area contributed by atoms with Gasteiger partial charge >= 0.3 is 5.97 Å². The van der Waals surface area contributed by atoms with E-state index >= 15 is 0 Å². The van der Waals surface area contributed by atoms with Crippen molar-refractivity contribution in [3.8, 4) is 0 Å². The summed E-state index contributed by atoms with van der Waals surface area (Å²) in [7, 11) is 0. The predicted molar refractivity (Wildman–Crippen MR) is 127 cm³/mol. The van der Waals surface area contributed by atoms with Gasteiger partial charge in [-0.05, 0) is 35.6 Å². The fourth-order valence-electron chi connectivity index (χ4n) is 2.80. The van der Waals surface area contributed by atoms with Gasteiger partial charge < -0.3 is 15.4 Å². The maximum absolute atomic E-state index is 14.1. The number of alkyl halides is 2. The lowest BCUT2D eigenvalue weighted by atomic mass is 9.90. The molecule has 2 N–H and O–H groups in total. The van der Waals surface area contributed by atoms with E-state index < -0.39 is 31.0 Å². The summed E-state index contributed by atoms with van der Waals surface area (Å²) in [6.45, 7) is 3.87. The largest absolute Gasteiger partial charge is 0.459 e. The molecule has 0 bridgehead atoms. The second-order valence-electron chi connectivity index (χ2n) is 8.91. The maximum atomic E-state index is 14.1. The SMILES string of the molecule is CC(C)(C)CCC(=O)NCC(F)(F)COC(=O)Cc1ccccc1Nc1c(Cl)cccc1Cl. The third-order valence-electron chi connectivity index (χ3n) is 4.67. The fourth-order valence-corrected chi connectivity index (χ4v) is 3.29. The van der Waals surface area contributed by atoms with Crippen LogP contribution in [0.15, 0.2) is 42.5 Å². The molecule has 5 nitrogen and oxygen atoms in total. The summed E-state index contributed by atoms with van der Waals surface area (Å²) in [4.78, 5) is 24.0. The minimum atomic E-state index is -3.38. The molecule has 2 aromatic rings. The molecule has 0 radical (unpaired) electrons. The van der Waals surface area contributed by atoms with Crippen LogP contribution in [0.25, 0.3) is 0 Å². The first-order valence-corrected chi connectivity index (χ1v) is 11.2. The van der Waals surface area contributed by atoms with Crippen molar-refractivity contribution in [1.82, 2.24) is 5.32 Å². The number of hydrogen-bond acceptors (Lipinski definition) is 4. The van der Waals surface area contributed by atoms with Crippen molar-refractivity contribution in [3.63, 3.8) is 0 Å². The number of ether oxygens (including phenoxy) is 1. The number of esters is 1. The minimum Gasteiger partial charge on any atom is -0.459 e. The molecular weight excluding hydrogens is 473 g/mol. The molecule has 0 unspecified atom stereocenters. The van der Waals surface area contributed by atoms with Crippen molar-refractivity contribution in [2.75, 3.05) is 18.5 Å². The summed E-state index contributed by atoms with van der Waals surface area (Å²) < 4.78 is 32.9. The van der Waals surface area contributed by atoms with E-state index in [2.05, 4.69) is 10.6 Å². The van der Waals surface area contributed by atoms with Crippen LogP contribution in [0, 0.1) is 5.41 Å². The van der Waals surface area contributed by atoms with Crippen LogP contribution in [0.4, 0.5) is 20.2 Å². The Morgan fingerprint density at radius 1 is 1.00 bits per heavy atom. The lowest BCUT2D eigenvalue weighted by molar-refractivity contribution is -0.154. The Morgan fingerprint density at radius 2 is 1.64 bits per heavy atom. The molecule has 0 fully saturated rings. The number of hydrogen-bond donors (Lipinski definition) is 2. The van der Waals surface area contributed by atoms with Crippen LogP contribution in [0.1, 0.15) is 39.2 Å². The zero-order valence-corrected chi connectivity index (χ0v) is 20.3. The fraction of sp³-hybridized carbons (Fsp3) is 0.417. The van der Waals surface area contributed by atoms with Gasteiger partial charge in [-0.15, -0.1) is 0 Å². The van der Waals surface area contributed by atoms with E-state index in [1.165, 1.54) is 0 Å². The number of halogens is 4. The molecule has 2 rings (SSSR count). The Morgan fingerprint density at radius 3 is 2.27 bits per heavy atom. The van der Waals surface area contributed by atoms with E-state index in [9.17, 15) is 18.4 Å². The summed E-state index contributed by atoms with van der Waals surface area (Å²) >= 11 is 12.4. The molecule has 0 saturated carbocycles. The third kappa shape index (κ3) is 9.56. The Hall–Kier alpha value is -2.38. The van der Waals surface area contributed by atoms with Gasteiger partial charge in [-0.3, -0.25) is 9.59 Å². The zero-order chi connectivity index (χ0) is 24.6. The summed E-state index contributed by atoms with van der Waals surface area (Å²) in [6, 6.07) is 11.9. The topological polar surface area (TPSA) is 67.4 Å². The van der Waals surface area contributed by atoms with Gasteiger partial charge in [0, 0.05) is 12.1 Å². The Labute approximate surface area is 202 Å². The molecule has 0 aliphatic carbocycles. The van der Waals surface area contributed by atoms with Crippen LogP contribution in [-0.4, -0.2) is 31.0 Å². The van der Waals surface area contributed by atoms with Gasteiger partial charge in [-0.2, -0.15) is 0 Å². The number of carbonyl (C=O) groups excluding carboxylic acids is 2. The van der Waals surface area contributed by atoms with Gasteiger partial charge in [0.2, 0.25) is 5.91 Å². The van der Waals surface area contributed by atoms with E-state index in [1.54, 1.807) is 42.5 Å². The molecule has 0 atom stereocenters. The highest BCUT2D eigenvalue weighted by molar-refractivity contribution is 6.39. The van der Waals surface area contributed by atoms with E-state index in [4.69, 9.17) is 27.9 Å². The number of rotatable bonds is 10. The summed E-state index contributed by atoms with van der Waals surface area (Å²) in [5.74, 6) is -4.67. The minimum absolute atomic E-state index is 0.0717. The van der Waals surface area contributed by atoms with Crippen LogP contribution >= 0.6 is 23.2 Å². The first kappa shape index (κ1) is 26.9. The van der Waals surface area contributed by atoms with Gasteiger partial charge in [0.1, 0.15) is 0 Å². The standard InChI is InChI=1S/C24H28Cl2F2N2O3/c1-23(2,3)12-11-20(31)29-14-24(27,28)15-33-21(32)13-16-7-4-5-10-19(16)30-22-17(25)8-6-9-18(22)26/h4-10,30H,11-15H2,1-3H3,(H,29,31). The molecule has 0 aliphatic heterocycles. The van der Waals surface area contributed by atoms with Crippen molar-refractivity contribution < 1.29 is 23.1 Å². The van der Waals surface area contributed by atoms with Crippen LogP contribution in [0.2, 0.25) is 10.0 Å². The molecule has 180 valence electrons. The summed E-state index contributed by atoms with van der Waals surface area (Å²) in [6.07, 6.45) is 0.490. The molecule has 0 aromatic heterocycles. The second kappa shape index (κ2) is 11.7. The number of amides is 1. The maximum Gasteiger partial charge on any atom is 0.310 e. The van der Waals surface area contributed by atoms with Crippen LogP contribution < -0.4 is 10.6 Å². The second-order valence-corrected chi connectivity index (χ2v) is 9.72. The third-order valence-corrected chi connectivity index (χ3v) is 5.30. The van der Waals surface area contributed by atoms with E-state index in [0.717, 1.165) is 0 Å². The average molecular weight is 501 g/mol. The van der Waals surface area contributed by atoms with Gasteiger partial charge in [-0.1, -0.05) is 68.2 Å². The van der Waals surface area contributed by atoms with E-state index in [1.807, 2.05) is 20.8 Å². The normalized spacial score (nSPS) is 11.7. The summed E-state index contributed by atoms with van der Waals surface area (Å²) in [5, 5.41) is 6.06. The predicted octanol–water partition coefficient (Wildman–Crippen LogP) is 6.40. The molecular formula is C24H28Cl2F2N2O3. The van der Waals surface area contributed by atoms with Crippen molar-refractivity contribution in [3.05, 3.63) is 58.1 Å². The number of nitrogens with one attached hydrogen (secondary N) is 2. The van der Waals surface area contributed by atoms with Crippen molar-refractivity contribution in [2.24, 2.45) is 5.41 Å². The zero-order valence-electron chi connectivity index (χ0n) is 18.8. The molecule has 0 heterocycles. The molecule has 33 heavy (non-hydrogen) atoms. The van der Waals surface area contributed by atoms with Gasteiger partial charge in [0.15, 0.2) is 6.61 Å². The van der Waals surface area contributed by atoms with E-state index in [-0.39, 0.29) is 18.3 Å². The number of anilines is 2. The van der Waals surface area contributed by atoms with Crippen molar-refractivity contribution in [1.29, 1.82) is 0 Å². The Balaban J connectivity index is 1.90. The highest BCUT2D eigenvalue weighted by atomic mass is 35.5. The molecule has 1 amide bonds. The lowest BCUT2D eigenvalue weighted by Gasteiger charge is -2.19. The average Bonchev–Trinajstić information content (AvgIpc) is 2.73. The van der Waals surface area contributed by atoms with Crippen LogP contribution in [-0.2, 0) is 20.7 Å². The van der Waals surface area contributed by atoms with Crippen molar-refractivity contribution in [2.45, 2.75) is 46.0 Å². The molecule has 0 aliphatic rings. The Bertz CT molecular complexity index is 958. The number of para-hydroxylation sites is 2.